The molecule has 0 saturated heterocycles. The van der Waals surface area contributed by atoms with E-state index in [0.29, 0.717) is 20.9 Å². The van der Waals surface area contributed by atoms with Crippen LogP contribution in [0, 0.1) is 0 Å². The minimum absolute atomic E-state index is 0.202. The Morgan fingerprint density at radius 3 is 1.69 bits per heavy atom. The molecule has 0 atom stereocenters. The Kier molecular flexibility index (Phi) is 8.31. The lowest BCUT2D eigenvalue weighted by Crippen LogP contribution is -2.74. The van der Waals surface area contributed by atoms with E-state index in [1.165, 1.54) is 48.7 Å². The average molecular weight is 901 g/mol. The van der Waals surface area contributed by atoms with E-state index in [2.05, 4.69) is 185 Å². The fraction of sp³-hybridized carbons (Fsp3) is 0.183. The summed E-state index contributed by atoms with van der Waals surface area (Å²) in [5.41, 5.74) is 7.47. The number of fused-ring (bicyclic) bond motifs is 7. The highest BCUT2D eigenvalue weighted by molar-refractivity contribution is 7.99. The van der Waals surface area contributed by atoms with Crippen molar-refractivity contribution in [2.75, 3.05) is 0 Å². The summed E-state index contributed by atoms with van der Waals surface area (Å²) in [7, 11) is -3.30. The number of rotatable bonds is 6. The van der Waals surface area contributed by atoms with Gasteiger partial charge < -0.3 is 0 Å². The summed E-state index contributed by atoms with van der Waals surface area (Å²) < 4.78 is 58.1. The molecule has 0 radical (unpaired) electrons. The molecule has 0 saturated carbocycles. The summed E-state index contributed by atoms with van der Waals surface area (Å²) >= 11 is 3.21. The van der Waals surface area contributed by atoms with Gasteiger partial charge in [0.05, 0.1) is 21.3 Å². The number of hydrogen-bond acceptors (Lipinski definition) is 3. The third-order valence-corrected chi connectivity index (χ3v) is 20.5. The second-order valence-corrected chi connectivity index (χ2v) is 25.3. The standard InChI is InChI=1S/C60H54N2S2Si/c1-58(2,3)47-35-33-41(37-45(47)43-25-19-28-50-55(43)63-54-32-18-15-27-49(54)60(50,7)8)65(39-21-11-9-12-22-39,40-23-13-10-14-24-40)42-34-36-48(59(4,5)6)46(38-42)44-26-20-31-53-56(44)64-57-61-51-29-16-17-30-52(51)62(53)57/h9-38H,1-8H3/i7D3,8D3. The fourth-order valence-corrected chi connectivity index (χ4v) is 17.6. The molecule has 0 fully saturated rings. The third-order valence-electron chi connectivity index (χ3n) is 13.4. The zero-order valence-corrected chi connectivity index (χ0v) is 40.2. The highest BCUT2D eigenvalue weighted by Crippen LogP contribution is 2.53. The van der Waals surface area contributed by atoms with Crippen molar-refractivity contribution in [2.45, 2.75) is 81.3 Å². The smallest absolute Gasteiger partial charge is 0.195 e. The molecule has 0 spiro atoms. The summed E-state index contributed by atoms with van der Waals surface area (Å²) in [5.74, 6) is 0. The summed E-state index contributed by atoms with van der Waals surface area (Å²) in [6.07, 6.45) is 0. The number of imidazole rings is 1. The molecule has 1 aliphatic heterocycles. The number of aromatic nitrogens is 2. The summed E-state index contributed by atoms with van der Waals surface area (Å²) in [6.45, 7) is 7.70. The fourth-order valence-electron chi connectivity index (χ4n) is 10.4. The van der Waals surface area contributed by atoms with E-state index in [1.54, 1.807) is 29.5 Å². The second kappa shape index (κ2) is 15.3. The van der Waals surface area contributed by atoms with Crippen molar-refractivity contribution in [1.29, 1.82) is 0 Å². The van der Waals surface area contributed by atoms with Gasteiger partial charge in [0.25, 0.3) is 0 Å². The molecule has 5 heteroatoms. The van der Waals surface area contributed by atoms with Crippen LogP contribution in [0.1, 0.15) is 85.7 Å². The van der Waals surface area contributed by atoms with E-state index in [-0.39, 0.29) is 10.8 Å². The van der Waals surface area contributed by atoms with Crippen molar-refractivity contribution in [3.05, 3.63) is 204 Å². The van der Waals surface area contributed by atoms with Crippen molar-refractivity contribution in [2.24, 2.45) is 0 Å². The van der Waals surface area contributed by atoms with Gasteiger partial charge in [-0.3, -0.25) is 4.40 Å². The van der Waals surface area contributed by atoms with Crippen molar-refractivity contribution >= 4 is 78.1 Å². The average Bonchev–Trinajstić information content (AvgIpc) is 3.89. The zero-order chi connectivity index (χ0) is 49.9. The molecule has 10 aromatic rings. The van der Waals surface area contributed by atoms with Gasteiger partial charge in [0.1, 0.15) is 0 Å². The topological polar surface area (TPSA) is 17.3 Å². The lowest BCUT2D eigenvalue weighted by molar-refractivity contribution is 0.591. The van der Waals surface area contributed by atoms with E-state index >= 15 is 0 Å². The van der Waals surface area contributed by atoms with Crippen LogP contribution >= 0.6 is 23.1 Å². The normalized spacial score (nSPS) is 15.7. The van der Waals surface area contributed by atoms with Crippen LogP contribution in [-0.2, 0) is 16.2 Å². The molecule has 2 aromatic heterocycles. The van der Waals surface area contributed by atoms with E-state index < -0.39 is 27.2 Å². The quantitative estimate of drug-likeness (QED) is 0.122. The Morgan fingerprint density at radius 2 is 1.05 bits per heavy atom. The van der Waals surface area contributed by atoms with Crippen LogP contribution in [0.3, 0.4) is 0 Å². The van der Waals surface area contributed by atoms with E-state index in [4.69, 9.17) is 13.2 Å². The summed E-state index contributed by atoms with van der Waals surface area (Å²) in [6, 6.07) is 63.9. The minimum Gasteiger partial charge on any atom is -0.283 e. The van der Waals surface area contributed by atoms with Gasteiger partial charge in [-0.25, -0.2) is 4.98 Å². The van der Waals surface area contributed by atoms with Gasteiger partial charge in [0.2, 0.25) is 0 Å². The molecule has 0 amide bonds. The number of hydrogen-bond donors (Lipinski definition) is 0. The van der Waals surface area contributed by atoms with Gasteiger partial charge in [-0.2, -0.15) is 0 Å². The number of thiazole rings is 1. The second-order valence-electron chi connectivity index (χ2n) is 19.5. The first-order chi connectivity index (χ1) is 33.8. The molecule has 0 N–H and O–H groups in total. The Bertz CT molecular complexity index is 3640. The van der Waals surface area contributed by atoms with Gasteiger partial charge >= 0.3 is 0 Å². The number of nitrogens with zero attached hydrogens (tertiary/aromatic N) is 2. The van der Waals surface area contributed by atoms with Crippen LogP contribution in [-0.4, -0.2) is 17.5 Å². The molecule has 2 nitrogen and oxygen atoms in total. The van der Waals surface area contributed by atoms with Crippen LogP contribution in [0.15, 0.2) is 192 Å². The first-order valence-electron chi connectivity index (χ1n) is 25.4. The molecule has 8 aromatic carbocycles. The lowest BCUT2D eigenvalue weighted by atomic mass is 9.76. The number of para-hydroxylation sites is 2. The van der Waals surface area contributed by atoms with Crippen LogP contribution in [0.4, 0.5) is 0 Å². The predicted molar refractivity (Wildman–Crippen MR) is 283 cm³/mol. The Hall–Kier alpha value is -5.98. The molecule has 0 unspecified atom stereocenters. The zero-order valence-electron chi connectivity index (χ0n) is 43.5. The van der Waals surface area contributed by atoms with E-state index in [9.17, 15) is 0 Å². The molecular weight excluding hydrogens is 841 g/mol. The maximum atomic E-state index is 9.11. The predicted octanol–water partition coefficient (Wildman–Crippen LogP) is 13.8. The maximum absolute atomic E-state index is 9.11. The SMILES string of the molecule is [2H]C([2H])([2H])C1(C([2H])([2H])[2H])c2ccccc2Sc2c(-c3cc([Si](c4ccccc4)(c4ccccc4)c4ccc(C(C)(C)C)c(-c5cccc6c5sc5nc7ccccc7n56)c4)ccc3C(C)(C)C)cccc21. The third kappa shape index (κ3) is 6.61. The van der Waals surface area contributed by atoms with Crippen LogP contribution < -0.4 is 20.7 Å². The lowest BCUT2D eigenvalue weighted by Gasteiger charge is -2.38. The Balaban J connectivity index is 1.23. The molecule has 3 heterocycles. The largest absolute Gasteiger partial charge is 0.283 e. The summed E-state index contributed by atoms with van der Waals surface area (Å²) in [5, 5.41) is 4.81. The van der Waals surface area contributed by atoms with Crippen LogP contribution in [0.25, 0.3) is 48.5 Å². The highest BCUT2D eigenvalue weighted by Gasteiger charge is 2.43. The first kappa shape index (κ1) is 35.3. The molecule has 65 heavy (non-hydrogen) atoms. The number of benzene rings is 8. The molecule has 11 rings (SSSR count). The monoisotopic (exact) mass is 900 g/mol. The Morgan fingerprint density at radius 1 is 0.508 bits per heavy atom. The first-order valence-corrected chi connectivity index (χ1v) is 26.0. The maximum Gasteiger partial charge on any atom is 0.195 e. The molecule has 0 bridgehead atoms. The Labute approximate surface area is 401 Å². The molecule has 320 valence electrons. The van der Waals surface area contributed by atoms with Crippen LogP contribution in [0.5, 0.6) is 0 Å². The van der Waals surface area contributed by atoms with Crippen molar-refractivity contribution in [3.63, 3.8) is 0 Å². The van der Waals surface area contributed by atoms with Gasteiger partial charge in [-0.05, 0) is 94.8 Å². The van der Waals surface area contributed by atoms with Gasteiger partial charge in [-0.15, -0.1) is 0 Å². The molecule has 1 aliphatic rings. The van der Waals surface area contributed by atoms with Crippen LogP contribution in [0.2, 0.25) is 0 Å². The van der Waals surface area contributed by atoms with Gasteiger partial charge in [-0.1, -0.05) is 236 Å². The van der Waals surface area contributed by atoms with E-state index in [0.717, 1.165) is 43.4 Å². The van der Waals surface area contributed by atoms with Gasteiger partial charge in [0, 0.05) is 29.0 Å². The van der Waals surface area contributed by atoms with Crippen molar-refractivity contribution in [1.82, 2.24) is 9.38 Å². The molecule has 0 aliphatic carbocycles. The summed E-state index contributed by atoms with van der Waals surface area (Å²) in [4.78, 5) is 7.35. The van der Waals surface area contributed by atoms with Crippen molar-refractivity contribution < 1.29 is 8.22 Å². The van der Waals surface area contributed by atoms with Gasteiger partial charge in [0.15, 0.2) is 13.0 Å². The highest BCUT2D eigenvalue weighted by atomic mass is 32.2. The minimum atomic E-state index is -3.30. The van der Waals surface area contributed by atoms with Crippen molar-refractivity contribution in [3.8, 4) is 22.3 Å². The molecular formula is C60H54N2S2Si. The van der Waals surface area contributed by atoms with E-state index in [1.807, 2.05) is 24.3 Å².